The fraction of sp³-hybridized carbons (Fsp3) is 0.579. The van der Waals surface area contributed by atoms with E-state index in [1.807, 2.05) is 6.92 Å². The summed E-state index contributed by atoms with van der Waals surface area (Å²) in [6.07, 6.45) is 0.857. The van der Waals surface area contributed by atoms with Crippen molar-refractivity contribution in [1.82, 2.24) is 15.5 Å². The van der Waals surface area contributed by atoms with Crippen LogP contribution in [0.3, 0.4) is 0 Å². The SMILES string of the molecule is CC(NC(=O)CNC(=O)CN1CCC(N)C(C)(C)C1)c1ccc(F)cc1. The highest BCUT2D eigenvalue weighted by atomic mass is 19.1. The summed E-state index contributed by atoms with van der Waals surface area (Å²) in [7, 11) is 0. The van der Waals surface area contributed by atoms with Gasteiger partial charge in [-0.2, -0.15) is 0 Å². The lowest BCUT2D eigenvalue weighted by Crippen LogP contribution is -2.54. The van der Waals surface area contributed by atoms with Gasteiger partial charge in [0.1, 0.15) is 5.82 Å². The number of benzene rings is 1. The van der Waals surface area contributed by atoms with Gasteiger partial charge in [0.2, 0.25) is 11.8 Å². The first-order chi connectivity index (χ1) is 12.2. The Hall–Kier alpha value is -1.99. The van der Waals surface area contributed by atoms with Gasteiger partial charge in [-0.25, -0.2) is 4.39 Å². The van der Waals surface area contributed by atoms with Crippen molar-refractivity contribution in [1.29, 1.82) is 0 Å². The Balaban J connectivity index is 1.73. The smallest absolute Gasteiger partial charge is 0.239 e. The van der Waals surface area contributed by atoms with Crippen LogP contribution in [0.1, 0.15) is 38.8 Å². The summed E-state index contributed by atoms with van der Waals surface area (Å²) in [4.78, 5) is 26.2. The van der Waals surface area contributed by atoms with Crippen molar-refractivity contribution in [3.8, 4) is 0 Å². The number of nitrogens with zero attached hydrogens (tertiary/aromatic N) is 1. The predicted octanol–water partition coefficient (Wildman–Crippen LogP) is 1.18. The van der Waals surface area contributed by atoms with E-state index in [2.05, 4.69) is 29.4 Å². The Kier molecular flexibility index (Phi) is 6.72. The Bertz CT molecular complexity index is 633. The van der Waals surface area contributed by atoms with Crippen LogP contribution < -0.4 is 16.4 Å². The molecule has 7 heteroatoms. The second-order valence-electron chi connectivity index (χ2n) is 7.71. The average Bonchev–Trinajstić information content (AvgIpc) is 2.56. The fourth-order valence-electron chi connectivity index (χ4n) is 3.19. The minimum absolute atomic E-state index is 0.0273. The highest BCUT2D eigenvalue weighted by molar-refractivity contribution is 5.85. The monoisotopic (exact) mass is 364 g/mol. The predicted molar refractivity (Wildman–Crippen MR) is 98.8 cm³/mol. The molecule has 1 aromatic carbocycles. The lowest BCUT2D eigenvalue weighted by atomic mass is 9.80. The van der Waals surface area contributed by atoms with E-state index in [4.69, 9.17) is 5.73 Å². The van der Waals surface area contributed by atoms with Crippen molar-refractivity contribution >= 4 is 11.8 Å². The second kappa shape index (κ2) is 8.60. The number of hydrogen-bond donors (Lipinski definition) is 3. The van der Waals surface area contributed by atoms with Gasteiger partial charge in [0.05, 0.1) is 19.1 Å². The first kappa shape index (κ1) is 20.3. The minimum atomic E-state index is -0.318. The summed E-state index contributed by atoms with van der Waals surface area (Å²) < 4.78 is 12.9. The number of piperidine rings is 1. The van der Waals surface area contributed by atoms with E-state index in [1.54, 1.807) is 12.1 Å². The molecule has 26 heavy (non-hydrogen) atoms. The topological polar surface area (TPSA) is 87.5 Å². The molecule has 2 rings (SSSR count). The molecule has 1 aliphatic heterocycles. The van der Waals surface area contributed by atoms with E-state index in [1.165, 1.54) is 12.1 Å². The van der Waals surface area contributed by atoms with Crippen molar-refractivity contribution in [3.05, 3.63) is 35.6 Å². The van der Waals surface area contributed by atoms with Crippen LogP contribution in [0.25, 0.3) is 0 Å². The molecule has 2 unspecified atom stereocenters. The number of carbonyl (C=O) groups is 2. The molecule has 1 saturated heterocycles. The Morgan fingerprint density at radius 1 is 1.31 bits per heavy atom. The standard InChI is InChI=1S/C19H29FN4O2/c1-13(14-4-6-15(20)7-5-14)23-17(25)10-22-18(26)11-24-9-8-16(21)19(2,3)12-24/h4-7,13,16H,8-12,21H2,1-3H3,(H,22,26)(H,23,25). The number of nitrogens with one attached hydrogen (secondary N) is 2. The summed E-state index contributed by atoms with van der Waals surface area (Å²) in [5.74, 6) is -0.779. The average molecular weight is 364 g/mol. The van der Waals surface area contributed by atoms with E-state index in [-0.39, 0.29) is 48.2 Å². The van der Waals surface area contributed by atoms with E-state index < -0.39 is 0 Å². The molecule has 0 aliphatic carbocycles. The number of halogens is 1. The number of carbonyl (C=O) groups excluding carboxylic acids is 2. The number of rotatable bonds is 6. The maximum Gasteiger partial charge on any atom is 0.239 e. The van der Waals surface area contributed by atoms with Gasteiger partial charge < -0.3 is 16.4 Å². The molecule has 2 amide bonds. The van der Waals surface area contributed by atoms with Crippen molar-refractivity contribution < 1.29 is 14.0 Å². The third-order valence-electron chi connectivity index (χ3n) is 4.95. The zero-order valence-electron chi connectivity index (χ0n) is 15.7. The molecule has 0 radical (unpaired) electrons. The second-order valence-corrected chi connectivity index (χ2v) is 7.71. The summed E-state index contributed by atoms with van der Waals surface area (Å²) in [6.45, 7) is 7.74. The van der Waals surface area contributed by atoms with Gasteiger partial charge in [0.25, 0.3) is 0 Å². The van der Waals surface area contributed by atoms with Gasteiger partial charge in [-0.3, -0.25) is 14.5 Å². The van der Waals surface area contributed by atoms with Gasteiger partial charge in [-0.1, -0.05) is 26.0 Å². The van der Waals surface area contributed by atoms with Crippen molar-refractivity contribution in [2.24, 2.45) is 11.1 Å². The number of hydrogen-bond acceptors (Lipinski definition) is 4. The molecule has 1 heterocycles. The molecule has 1 aliphatic rings. The zero-order valence-corrected chi connectivity index (χ0v) is 15.7. The fourth-order valence-corrected chi connectivity index (χ4v) is 3.19. The van der Waals surface area contributed by atoms with Crippen molar-refractivity contribution in [3.63, 3.8) is 0 Å². The first-order valence-electron chi connectivity index (χ1n) is 8.97. The van der Waals surface area contributed by atoms with Gasteiger partial charge in [0, 0.05) is 19.1 Å². The lowest BCUT2D eigenvalue weighted by Gasteiger charge is -2.42. The van der Waals surface area contributed by atoms with Crippen LogP contribution in [0.2, 0.25) is 0 Å². The van der Waals surface area contributed by atoms with Gasteiger partial charge >= 0.3 is 0 Å². The van der Waals surface area contributed by atoms with Crippen LogP contribution in [-0.4, -0.2) is 48.9 Å². The molecule has 1 fully saturated rings. The quantitative estimate of drug-likeness (QED) is 0.707. The van der Waals surface area contributed by atoms with Crippen LogP contribution >= 0.6 is 0 Å². The molecule has 0 bridgehead atoms. The van der Waals surface area contributed by atoms with Crippen LogP contribution in [0.4, 0.5) is 4.39 Å². The third-order valence-corrected chi connectivity index (χ3v) is 4.95. The Morgan fingerprint density at radius 3 is 2.58 bits per heavy atom. The maximum atomic E-state index is 12.9. The number of amides is 2. The van der Waals surface area contributed by atoms with E-state index in [0.29, 0.717) is 0 Å². The largest absolute Gasteiger partial charge is 0.348 e. The molecule has 2 atom stereocenters. The van der Waals surface area contributed by atoms with Gasteiger partial charge in [-0.05, 0) is 36.5 Å². The molecular weight excluding hydrogens is 335 g/mol. The summed E-state index contributed by atoms with van der Waals surface area (Å²) in [6, 6.07) is 5.84. The van der Waals surface area contributed by atoms with Gasteiger partial charge in [0.15, 0.2) is 0 Å². The Morgan fingerprint density at radius 2 is 1.96 bits per heavy atom. The number of likely N-dealkylation sites (tertiary alicyclic amines) is 1. The van der Waals surface area contributed by atoms with Crippen LogP contribution in [0.15, 0.2) is 24.3 Å². The molecule has 144 valence electrons. The molecule has 0 aromatic heterocycles. The highest BCUT2D eigenvalue weighted by Crippen LogP contribution is 2.27. The highest BCUT2D eigenvalue weighted by Gasteiger charge is 2.33. The van der Waals surface area contributed by atoms with E-state index >= 15 is 0 Å². The van der Waals surface area contributed by atoms with Crippen LogP contribution in [0, 0.1) is 11.2 Å². The number of nitrogens with two attached hydrogens (primary N) is 1. The molecule has 1 aromatic rings. The molecule has 0 saturated carbocycles. The Labute approximate surface area is 154 Å². The zero-order chi connectivity index (χ0) is 19.3. The van der Waals surface area contributed by atoms with Crippen molar-refractivity contribution in [2.45, 2.75) is 39.3 Å². The first-order valence-corrected chi connectivity index (χ1v) is 8.97. The van der Waals surface area contributed by atoms with E-state index in [9.17, 15) is 14.0 Å². The third kappa shape index (κ3) is 5.78. The molecule has 6 nitrogen and oxygen atoms in total. The van der Waals surface area contributed by atoms with Crippen molar-refractivity contribution in [2.75, 3.05) is 26.2 Å². The minimum Gasteiger partial charge on any atom is -0.348 e. The van der Waals surface area contributed by atoms with Crippen LogP contribution in [0.5, 0.6) is 0 Å². The normalized spacial score (nSPS) is 21.0. The van der Waals surface area contributed by atoms with Crippen LogP contribution in [-0.2, 0) is 9.59 Å². The molecular formula is C19H29FN4O2. The summed E-state index contributed by atoms with van der Waals surface area (Å²) in [5.41, 5.74) is 6.88. The molecule has 4 N–H and O–H groups in total. The lowest BCUT2D eigenvalue weighted by molar-refractivity contribution is -0.127. The maximum absolute atomic E-state index is 12.9. The van der Waals surface area contributed by atoms with E-state index in [0.717, 1.165) is 25.1 Å². The summed E-state index contributed by atoms with van der Waals surface area (Å²) >= 11 is 0. The summed E-state index contributed by atoms with van der Waals surface area (Å²) in [5, 5.41) is 5.44. The molecule has 0 spiro atoms. The van der Waals surface area contributed by atoms with Gasteiger partial charge in [-0.15, -0.1) is 0 Å².